The van der Waals surface area contributed by atoms with Crippen molar-refractivity contribution in [3.05, 3.63) is 70.8 Å². The highest BCUT2D eigenvalue weighted by atomic mass is 19.1. The highest BCUT2D eigenvalue weighted by Gasteiger charge is 2.45. The largest absolute Gasteiger partial charge is 0.507 e. The molecular weight excluding hydrogens is 394 g/mol. The van der Waals surface area contributed by atoms with Gasteiger partial charge in [-0.05, 0) is 50.0 Å². The van der Waals surface area contributed by atoms with E-state index in [1.165, 1.54) is 48.4 Å². The van der Waals surface area contributed by atoms with Crippen molar-refractivity contribution >= 4 is 17.4 Å². The van der Waals surface area contributed by atoms with Gasteiger partial charge in [-0.2, -0.15) is 0 Å². The van der Waals surface area contributed by atoms with E-state index < -0.39 is 35.1 Å². The Bertz CT molecular complexity index is 1000. The van der Waals surface area contributed by atoms with Crippen molar-refractivity contribution in [1.29, 1.82) is 0 Å². The van der Waals surface area contributed by atoms with Gasteiger partial charge in [0.25, 0.3) is 11.7 Å². The minimum Gasteiger partial charge on any atom is -0.507 e. The van der Waals surface area contributed by atoms with Gasteiger partial charge in [0.05, 0.1) is 18.7 Å². The number of ether oxygens (including phenoxy) is 1. The molecule has 1 amide bonds. The second kappa shape index (κ2) is 8.62. The molecule has 158 valence electrons. The van der Waals surface area contributed by atoms with Crippen LogP contribution >= 0.6 is 0 Å². The molecule has 3 rings (SSSR count). The number of hydrogen-bond acceptors (Lipinski definition) is 5. The quantitative estimate of drug-likeness (QED) is 0.446. The molecule has 2 aromatic rings. The number of halogens is 2. The van der Waals surface area contributed by atoms with Crippen LogP contribution in [0.2, 0.25) is 0 Å². The smallest absolute Gasteiger partial charge is 0.295 e. The molecular formula is C22H22F2N2O4. The van der Waals surface area contributed by atoms with Crippen molar-refractivity contribution in [2.45, 2.75) is 6.04 Å². The maximum absolute atomic E-state index is 14.2. The number of nitrogens with zero attached hydrogens (tertiary/aromatic N) is 2. The number of ketones is 1. The molecule has 0 bridgehead atoms. The van der Waals surface area contributed by atoms with Gasteiger partial charge in [0.1, 0.15) is 11.6 Å². The molecule has 2 aromatic carbocycles. The van der Waals surface area contributed by atoms with Gasteiger partial charge in [-0.3, -0.25) is 9.59 Å². The van der Waals surface area contributed by atoms with Crippen LogP contribution in [0.15, 0.2) is 48.0 Å². The topological polar surface area (TPSA) is 70.1 Å². The Kier molecular flexibility index (Phi) is 6.17. The first-order chi connectivity index (χ1) is 14.2. The summed E-state index contributed by atoms with van der Waals surface area (Å²) in [7, 11) is 4.95. The Hall–Kier alpha value is -3.26. The molecule has 30 heavy (non-hydrogen) atoms. The van der Waals surface area contributed by atoms with Gasteiger partial charge in [-0.15, -0.1) is 0 Å². The number of aliphatic hydroxyl groups is 1. The number of Topliss-reactive ketones (excluding diaryl/α,β-unsaturated/α-hetero) is 1. The number of benzene rings is 2. The molecule has 8 heteroatoms. The predicted molar refractivity (Wildman–Crippen MR) is 107 cm³/mol. The number of aliphatic hydroxyl groups excluding tert-OH is 1. The molecule has 0 aromatic heterocycles. The van der Waals surface area contributed by atoms with Gasteiger partial charge in [-0.1, -0.05) is 12.1 Å². The van der Waals surface area contributed by atoms with E-state index >= 15 is 0 Å². The third-order valence-electron chi connectivity index (χ3n) is 4.94. The number of amides is 1. The molecule has 1 saturated heterocycles. The predicted octanol–water partition coefficient (Wildman–Crippen LogP) is 2.96. The molecule has 0 radical (unpaired) electrons. The highest BCUT2D eigenvalue weighted by Crippen LogP contribution is 2.39. The van der Waals surface area contributed by atoms with Crippen LogP contribution in [-0.4, -0.2) is 60.9 Å². The molecule has 0 aliphatic carbocycles. The standard InChI is InChI=1S/C22H22F2N2O4/c1-25(2)10-11-26-19(13-4-7-15(23)8-5-13)18(21(28)22(26)29)20(27)14-6-9-17(30-3)16(24)12-14/h4-9,12,19,27H,10-11H2,1-3H3. The lowest BCUT2D eigenvalue weighted by Gasteiger charge is -2.26. The molecule has 1 atom stereocenters. The first kappa shape index (κ1) is 21.4. The van der Waals surface area contributed by atoms with Crippen LogP contribution in [-0.2, 0) is 9.59 Å². The van der Waals surface area contributed by atoms with E-state index in [-0.39, 0.29) is 23.4 Å². The third kappa shape index (κ3) is 4.04. The van der Waals surface area contributed by atoms with Crippen LogP contribution < -0.4 is 4.74 Å². The van der Waals surface area contributed by atoms with Crippen molar-refractivity contribution in [3.63, 3.8) is 0 Å². The Labute approximate surface area is 173 Å². The Balaban J connectivity index is 2.14. The maximum atomic E-state index is 14.2. The molecule has 0 spiro atoms. The number of hydrogen-bond donors (Lipinski definition) is 1. The minimum absolute atomic E-state index is 0.0203. The molecule has 1 unspecified atom stereocenters. The summed E-state index contributed by atoms with van der Waals surface area (Å²) in [6, 6.07) is 8.17. The second-order valence-electron chi connectivity index (χ2n) is 7.20. The fourth-order valence-electron chi connectivity index (χ4n) is 3.38. The van der Waals surface area contributed by atoms with Crippen LogP contribution in [0.3, 0.4) is 0 Å². The zero-order valence-electron chi connectivity index (χ0n) is 16.9. The minimum atomic E-state index is -0.921. The van der Waals surface area contributed by atoms with Crippen LogP contribution in [0.4, 0.5) is 8.78 Å². The van der Waals surface area contributed by atoms with Crippen LogP contribution in [0.1, 0.15) is 17.2 Å². The van der Waals surface area contributed by atoms with Gasteiger partial charge < -0.3 is 19.6 Å². The first-order valence-corrected chi connectivity index (χ1v) is 9.27. The number of likely N-dealkylation sites (tertiary alicyclic amines) is 1. The fourth-order valence-corrected chi connectivity index (χ4v) is 3.38. The van der Waals surface area contributed by atoms with E-state index in [4.69, 9.17) is 4.74 Å². The number of carbonyl (C=O) groups is 2. The van der Waals surface area contributed by atoms with Crippen LogP contribution in [0.25, 0.3) is 5.76 Å². The summed E-state index contributed by atoms with van der Waals surface area (Å²) >= 11 is 0. The normalized spacial score (nSPS) is 18.3. The van der Waals surface area contributed by atoms with Crippen molar-refractivity contribution in [2.75, 3.05) is 34.3 Å². The summed E-state index contributed by atoms with van der Waals surface area (Å²) in [5, 5.41) is 10.9. The van der Waals surface area contributed by atoms with Gasteiger partial charge in [0.2, 0.25) is 0 Å². The second-order valence-corrected chi connectivity index (χ2v) is 7.20. The van der Waals surface area contributed by atoms with Gasteiger partial charge in [-0.25, -0.2) is 8.78 Å². The monoisotopic (exact) mass is 416 g/mol. The summed E-state index contributed by atoms with van der Waals surface area (Å²) < 4.78 is 32.5. The lowest BCUT2D eigenvalue weighted by Crippen LogP contribution is -2.35. The van der Waals surface area contributed by atoms with Crippen LogP contribution in [0.5, 0.6) is 5.75 Å². The Morgan fingerprint density at radius 2 is 1.80 bits per heavy atom. The number of carbonyl (C=O) groups excluding carboxylic acids is 2. The van der Waals surface area contributed by atoms with Crippen molar-refractivity contribution < 1.29 is 28.2 Å². The van der Waals surface area contributed by atoms with Gasteiger partial charge in [0.15, 0.2) is 11.6 Å². The molecule has 1 N–H and O–H groups in total. The molecule has 6 nitrogen and oxygen atoms in total. The van der Waals surface area contributed by atoms with Gasteiger partial charge in [0, 0.05) is 18.7 Å². The molecule has 1 aliphatic rings. The lowest BCUT2D eigenvalue weighted by atomic mass is 9.95. The maximum Gasteiger partial charge on any atom is 0.295 e. The fraction of sp³-hybridized carbons (Fsp3) is 0.273. The summed E-state index contributed by atoms with van der Waals surface area (Å²) in [6.45, 7) is 0.690. The average molecular weight is 416 g/mol. The van der Waals surface area contributed by atoms with E-state index in [2.05, 4.69) is 0 Å². The summed E-state index contributed by atoms with van der Waals surface area (Å²) in [5.74, 6) is -3.37. The highest BCUT2D eigenvalue weighted by molar-refractivity contribution is 6.46. The van der Waals surface area contributed by atoms with Crippen molar-refractivity contribution in [3.8, 4) is 5.75 Å². The van der Waals surface area contributed by atoms with E-state index in [1.54, 1.807) is 0 Å². The van der Waals surface area contributed by atoms with Crippen molar-refractivity contribution in [1.82, 2.24) is 9.80 Å². The summed E-state index contributed by atoms with van der Waals surface area (Å²) in [5.41, 5.74) is 0.325. The third-order valence-corrected chi connectivity index (χ3v) is 4.94. The SMILES string of the molecule is COc1ccc(C(O)=C2C(=O)C(=O)N(CCN(C)C)C2c2ccc(F)cc2)cc1F. The van der Waals surface area contributed by atoms with Gasteiger partial charge >= 0.3 is 0 Å². The number of methoxy groups -OCH3 is 1. The first-order valence-electron chi connectivity index (χ1n) is 9.27. The Morgan fingerprint density at radius 1 is 1.13 bits per heavy atom. The van der Waals surface area contributed by atoms with E-state index in [0.717, 1.165) is 6.07 Å². The van der Waals surface area contributed by atoms with E-state index in [0.29, 0.717) is 12.1 Å². The lowest BCUT2D eigenvalue weighted by molar-refractivity contribution is -0.140. The molecule has 1 heterocycles. The average Bonchev–Trinajstić information content (AvgIpc) is 2.96. The summed E-state index contributed by atoms with van der Waals surface area (Å²) in [4.78, 5) is 28.7. The molecule has 1 fully saturated rings. The Morgan fingerprint density at radius 3 is 2.37 bits per heavy atom. The number of likely N-dealkylation sites (N-methyl/N-ethyl adjacent to an activating group) is 1. The molecule has 1 aliphatic heterocycles. The van der Waals surface area contributed by atoms with Crippen molar-refractivity contribution in [2.24, 2.45) is 0 Å². The van der Waals surface area contributed by atoms with E-state index in [9.17, 15) is 23.5 Å². The summed E-state index contributed by atoms with van der Waals surface area (Å²) in [6.07, 6.45) is 0. The number of rotatable bonds is 6. The van der Waals surface area contributed by atoms with E-state index in [1.807, 2.05) is 19.0 Å². The molecule has 0 saturated carbocycles. The zero-order valence-corrected chi connectivity index (χ0v) is 16.9. The van der Waals surface area contributed by atoms with Crippen LogP contribution in [0, 0.1) is 11.6 Å². The zero-order chi connectivity index (χ0) is 22.0.